The van der Waals surface area contributed by atoms with E-state index >= 15 is 4.39 Å². The zero-order valence-electron chi connectivity index (χ0n) is 20.7. The number of fused-ring (bicyclic) bond motifs is 3. The first-order valence-corrected chi connectivity index (χ1v) is 16.4. The van der Waals surface area contributed by atoms with Gasteiger partial charge in [-0.2, -0.15) is 0 Å². The third-order valence-electron chi connectivity index (χ3n) is 7.93. The molecule has 0 bridgehead atoms. The molecule has 208 valence electrons. The van der Waals surface area contributed by atoms with Gasteiger partial charge >= 0.3 is 0 Å². The van der Waals surface area contributed by atoms with E-state index in [1.807, 2.05) is 0 Å². The summed E-state index contributed by atoms with van der Waals surface area (Å²) in [5, 5.41) is 3.56. The van der Waals surface area contributed by atoms with Crippen molar-refractivity contribution in [3.63, 3.8) is 0 Å². The standard InChI is InChI=1S/C26H30ClF2NO6S2/c27-17-4-6-19(7-5-17)38(33,34)26-11-13-35-23(10-14-37(31,32)16-18-3-1-2-12-30-18)20(26)15-36-25-22(29)9-8-21(28)24(25)26/h4-9,18,20,23,30H,1-3,10-16H2/t18-,20?,23+,26+/m1/s1. The van der Waals surface area contributed by atoms with Crippen molar-refractivity contribution in [3.8, 4) is 5.75 Å². The largest absolute Gasteiger partial charge is 0.490 e. The van der Waals surface area contributed by atoms with Gasteiger partial charge in [-0.1, -0.05) is 18.0 Å². The molecule has 0 amide bonds. The summed E-state index contributed by atoms with van der Waals surface area (Å²) in [5.74, 6) is -3.41. The molecule has 2 saturated heterocycles. The van der Waals surface area contributed by atoms with E-state index in [1.165, 1.54) is 24.3 Å². The van der Waals surface area contributed by atoms with Gasteiger partial charge in [0.2, 0.25) is 0 Å². The molecule has 0 radical (unpaired) electrons. The van der Waals surface area contributed by atoms with Gasteiger partial charge in [0.15, 0.2) is 31.2 Å². The Morgan fingerprint density at radius 1 is 1.03 bits per heavy atom. The third kappa shape index (κ3) is 4.96. The second-order valence-corrected chi connectivity index (χ2v) is 15.1. The van der Waals surface area contributed by atoms with Crippen LogP contribution in [0.3, 0.4) is 0 Å². The van der Waals surface area contributed by atoms with Crippen LogP contribution >= 0.6 is 11.6 Å². The van der Waals surface area contributed by atoms with Gasteiger partial charge in [0, 0.05) is 23.6 Å². The highest BCUT2D eigenvalue weighted by molar-refractivity contribution is 7.92. The lowest BCUT2D eigenvalue weighted by Crippen LogP contribution is -2.57. The highest BCUT2D eigenvalue weighted by atomic mass is 35.5. The Labute approximate surface area is 226 Å². The molecule has 1 unspecified atom stereocenters. The number of rotatable bonds is 7. The van der Waals surface area contributed by atoms with Crippen LogP contribution in [0.1, 0.15) is 37.7 Å². The number of hydrogen-bond acceptors (Lipinski definition) is 7. The van der Waals surface area contributed by atoms with Crippen molar-refractivity contribution in [2.75, 3.05) is 31.3 Å². The predicted octanol–water partition coefficient (Wildman–Crippen LogP) is 4.03. The van der Waals surface area contributed by atoms with Gasteiger partial charge < -0.3 is 14.8 Å². The third-order valence-corrected chi connectivity index (χ3v) is 12.5. The molecule has 0 aromatic heterocycles. The van der Waals surface area contributed by atoms with E-state index in [-0.39, 0.29) is 54.1 Å². The molecule has 0 saturated carbocycles. The summed E-state index contributed by atoms with van der Waals surface area (Å²) in [4.78, 5) is -0.0972. The van der Waals surface area contributed by atoms with Gasteiger partial charge in [0.25, 0.3) is 0 Å². The first kappa shape index (κ1) is 27.8. The SMILES string of the molecule is O=S(=O)(CC[C@@H]1OCC[C@@]2(S(=O)(=O)c3ccc(Cl)cc3)c3c(F)ccc(F)c3OCC12)C[C@H]1CCCCN1. The lowest BCUT2D eigenvalue weighted by Gasteiger charge is -2.50. The first-order valence-electron chi connectivity index (χ1n) is 12.7. The number of hydrogen-bond donors (Lipinski definition) is 1. The molecule has 3 aliphatic heterocycles. The van der Waals surface area contributed by atoms with Crippen LogP contribution in [0.5, 0.6) is 5.75 Å². The molecule has 2 aromatic carbocycles. The van der Waals surface area contributed by atoms with Gasteiger partial charge in [0.1, 0.15) is 10.6 Å². The normalized spacial score (nSPS) is 27.7. The van der Waals surface area contributed by atoms with Crippen LogP contribution in [-0.4, -0.2) is 60.2 Å². The number of benzene rings is 2. The lowest BCUT2D eigenvalue weighted by molar-refractivity contribution is -0.0732. The fourth-order valence-electron chi connectivity index (χ4n) is 6.09. The van der Waals surface area contributed by atoms with Crippen LogP contribution in [0.4, 0.5) is 8.78 Å². The van der Waals surface area contributed by atoms with Crippen LogP contribution < -0.4 is 10.1 Å². The molecule has 3 heterocycles. The van der Waals surface area contributed by atoms with Gasteiger partial charge in [-0.3, -0.25) is 0 Å². The van der Waals surface area contributed by atoms with Crippen molar-refractivity contribution in [2.24, 2.45) is 5.92 Å². The summed E-state index contributed by atoms with van der Waals surface area (Å²) < 4.78 is 94.5. The Morgan fingerprint density at radius 3 is 2.47 bits per heavy atom. The van der Waals surface area contributed by atoms with Crippen molar-refractivity contribution in [1.29, 1.82) is 0 Å². The van der Waals surface area contributed by atoms with Crippen LogP contribution in [0.2, 0.25) is 5.02 Å². The van der Waals surface area contributed by atoms with E-state index in [2.05, 4.69) is 5.32 Å². The number of halogens is 3. The summed E-state index contributed by atoms with van der Waals surface area (Å²) in [6, 6.07) is 7.19. The summed E-state index contributed by atoms with van der Waals surface area (Å²) in [6.45, 7) is 0.431. The van der Waals surface area contributed by atoms with Crippen molar-refractivity contribution >= 4 is 31.3 Å². The van der Waals surface area contributed by atoms with E-state index in [0.29, 0.717) is 5.02 Å². The summed E-state index contributed by atoms with van der Waals surface area (Å²) in [5.41, 5.74) is -0.369. The molecule has 38 heavy (non-hydrogen) atoms. The molecule has 5 rings (SSSR count). The predicted molar refractivity (Wildman–Crippen MR) is 139 cm³/mol. The molecule has 1 N–H and O–H groups in total. The highest BCUT2D eigenvalue weighted by Crippen LogP contribution is 2.56. The quantitative estimate of drug-likeness (QED) is 0.521. The Bertz CT molecular complexity index is 1400. The fraction of sp³-hybridized carbons (Fsp3) is 0.538. The van der Waals surface area contributed by atoms with Gasteiger partial charge in [-0.25, -0.2) is 25.6 Å². The Hall–Kier alpha value is -1.79. The molecule has 2 fully saturated rings. The molecule has 7 nitrogen and oxygen atoms in total. The molecule has 0 spiro atoms. The Balaban J connectivity index is 1.53. The molecular formula is C26H30ClF2NO6S2. The topological polar surface area (TPSA) is 98.8 Å². The van der Waals surface area contributed by atoms with E-state index < -0.39 is 53.8 Å². The van der Waals surface area contributed by atoms with E-state index in [0.717, 1.165) is 37.9 Å². The lowest BCUT2D eigenvalue weighted by atomic mass is 9.75. The van der Waals surface area contributed by atoms with Gasteiger partial charge in [-0.15, -0.1) is 0 Å². The van der Waals surface area contributed by atoms with E-state index in [1.54, 1.807) is 0 Å². The maximum absolute atomic E-state index is 15.5. The maximum atomic E-state index is 15.5. The first-order chi connectivity index (χ1) is 18.0. The fourth-order valence-corrected chi connectivity index (χ4v) is 10.2. The van der Waals surface area contributed by atoms with Gasteiger partial charge in [0.05, 0.1) is 34.7 Å². The minimum Gasteiger partial charge on any atom is -0.490 e. The Kier molecular flexibility index (Phi) is 7.78. The number of piperidine rings is 1. The summed E-state index contributed by atoms with van der Waals surface area (Å²) >= 11 is 5.98. The van der Waals surface area contributed by atoms with Crippen molar-refractivity contribution in [3.05, 3.63) is 58.6 Å². The summed E-state index contributed by atoms with van der Waals surface area (Å²) in [7, 11) is -7.83. The molecule has 12 heteroatoms. The number of sulfone groups is 2. The van der Waals surface area contributed by atoms with E-state index in [4.69, 9.17) is 21.1 Å². The number of ether oxygens (including phenoxy) is 2. The van der Waals surface area contributed by atoms with Crippen molar-refractivity contribution < 1.29 is 35.1 Å². The van der Waals surface area contributed by atoms with Crippen molar-refractivity contribution in [2.45, 2.75) is 53.9 Å². The van der Waals surface area contributed by atoms with E-state index in [9.17, 15) is 21.2 Å². The molecule has 3 aliphatic rings. The van der Waals surface area contributed by atoms with Gasteiger partial charge in [-0.05, 0) is 68.6 Å². The Morgan fingerprint density at radius 2 is 1.76 bits per heavy atom. The average Bonchev–Trinajstić information content (AvgIpc) is 2.89. The second-order valence-electron chi connectivity index (χ2n) is 10.2. The smallest absolute Gasteiger partial charge is 0.189 e. The van der Waals surface area contributed by atoms with Crippen LogP contribution in [0, 0.1) is 17.6 Å². The van der Waals surface area contributed by atoms with Crippen LogP contribution in [-0.2, 0) is 29.2 Å². The minimum absolute atomic E-state index is 0.00718. The minimum atomic E-state index is -4.35. The molecule has 2 aromatic rings. The molecule has 0 aliphatic carbocycles. The zero-order chi connectivity index (χ0) is 27.1. The average molecular weight is 590 g/mol. The molecule has 4 atom stereocenters. The zero-order valence-corrected chi connectivity index (χ0v) is 23.1. The maximum Gasteiger partial charge on any atom is 0.189 e. The van der Waals surface area contributed by atoms with Crippen LogP contribution in [0.25, 0.3) is 0 Å². The second kappa shape index (κ2) is 10.6. The monoisotopic (exact) mass is 589 g/mol. The summed E-state index contributed by atoms with van der Waals surface area (Å²) in [6.07, 6.45) is 1.75. The highest BCUT2D eigenvalue weighted by Gasteiger charge is 2.61. The van der Waals surface area contributed by atoms with Crippen LogP contribution in [0.15, 0.2) is 41.3 Å². The molecular weight excluding hydrogens is 560 g/mol. The number of nitrogens with one attached hydrogen (secondary N) is 1. The van der Waals surface area contributed by atoms with Crippen molar-refractivity contribution in [1.82, 2.24) is 5.32 Å².